The van der Waals surface area contributed by atoms with E-state index in [0.29, 0.717) is 17.1 Å². The lowest BCUT2D eigenvalue weighted by Gasteiger charge is -2.09. The zero-order valence-electron chi connectivity index (χ0n) is 13.7. The number of hydrogen-bond donors (Lipinski definition) is 2. The Morgan fingerprint density at radius 2 is 1.42 bits per heavy atom. The van der Waals surface area contributed by atoms with E-state index in [1.807, 2.05) is 24.3 Å². The van der Waals surface area contributed by atoms with Crippen LogP contribution in [0.2, 0.25) is 0 Å². The highest BCUT2D eigenvalue weighted by molar-refractivity contribution is 5.99. The maximum absolute atomic E-state index is 12.0. The van der Waals surface area contributed by atoms with Crippen molar-refractivity contribution in [2.75, 3.05) is 17.2 Å². The molecule has 0 aliphatic carbocycles. The highest BCUT2D eigenvalue weighted by Crippen LogP contribution is 2.17. The summed E-state index contributed by atoms with van der Waals surface area (Å²) in [5, 5.41) is 5.45. The summed E-state index contributed by atoms with van der Waals surface area (Å²) in [6.45, 7) is 4.02. The quantitative estimate of drug-likeness (QED) is 0.629. The largest absolute Gasteiger partial charge is 0.513 e. The molecule has 0 spiro atoms. The van der Waals surface area contributed by atoms with Gasteiger partial charge in [0.2, 0.25) is 0 Å². The van der Waals surface area contributed by atoms with Crippen LogP contribution in [-0.4, -0.2) is 18.8 Å². The van der Waals surface area contributed by atoms with Gasteiger partial charge >= 0.3 is 12.2 Å². The Morgan fingerprint density at radius 3 is 1.92 bits per heavy atom. The third-order valence-electron chi connectivity index (χ3n) is 3.20. The van der Waals surface area contributed by atoms with Crippen LogP contribution in [0, 0.1) is 0 Å². The standard InChI is InChI=1S/C18H20N2O4/c1-3-13-5-7-14(8-6-13)19-17(21)20-15-9-11-16(12-10-15)24-18(22)23-4-2/h5-12H,3-4H2,1-2H3,(H2,19,20,21). The third-order valence-corrected chi connectivity index (χ3v) is 3.20. The summed E-state index contributed by atoms with van der Waals surface area (Å²) in [6.07, 6.45) is 0.193. The van der Waals surface area contributed by atoms with Crippen molar-refractivity contribution in [2.45, 2.75) is 20.3 Å². The SMILES string of the molecule is CCOC(=O)Oc1ccc(NC(=O)Nc2ccc(CC)cc2)cc1. The molecule has 24 heavy (non-hydrogen) atoms. The number of carbonyl (C=O) groups is 2. The van der Waals surface area contributed by atoms with Crippen molar-refractivity contribution >= 4 is 23.6 Å². The van der Waals surface area contributed by atoms with Gasteiger partial charge in [0.1, 0.15) is 5.75 Å². The first-order valence-corrected chi connectivity index (χ1v) is 7.72. The first-order chi connectivity index (χ1) is 11.6. The fourth-order valence-electron chi connectivity index (χ4n) is 1.97. The van der Waals surface area contributed by atoms with Crippen molar-refractivity contribution in [2.24, 2.45) is 0 Å². The van der Waals surface area contributed by atoms with Crippen LogP contribution in [0.1, 0.15) is 19.4 Å². The van der Waals surface area contributed by atoms with Crippen molar-refractivity contribution in [1.82, 2.24) is 0 Å². The van der Waals surface area contributed by atoms with Gasteiger partial charge in [-0.3, -0.25) is 0 Å². The molecule has 2 rings (SSSR count). The van der Waals surface area contributed by atoms with Gasteiger partial charge in [-0.15, -0.1) is 0 Å². The van der Waals surface area contributed by atoms with Crippen LogP contribution in [0.3, 0.4) is 0 Å². The predicted molar refractivity (Wildman–Crippen MR) is 92.6 cm³/mol. The Morgan fingerprint density at radius 1 is 0.875 bits per heavy atom. The van der Waals surface area contributed by atoms with Crippen molar-refractivity contribution in [3.05, 3.63) is 54.1 Å². The fourth-order valence-corrected chi connectivity index (χ4v) is 1.97. The molecule has 2 amide bonds. The van der Waals surface area contributed by atoms with E-state index in [1.165, 1.54) is 5.56 Å². The van der Waals surface area contributed by atoms with Crippen molar-refractivity contribution in [1.29, 1.82) is 0 Å². The summed E-state index contributed by atoms with van der Waals surface area (Å²) in [5.74, 6) is 0.342. The third kappa shape index (κ3) is 5.31. The van der Waals surface area contributed by atoms with Gasteiger partial charge in [0.05, 0.1) is 6.61 Å². The first-order valence-electron chi connectivity index (χ1n) is 7.72. The second kappa shape index (κ2) is 8.57. The van der Waals surface area contributed by atoms with E-state index >= 15 is 0 Å². The van der Waals surface area contributed by atoms with Crippen LogP contribution in [-0.2, 0) is 11.2 Å². The topological polar surface area (TPSA) is 76.7 Å². The van der Waals surface area contributed by atoms with E-state index in [0.717, 1.165) is 6.42 Å². The van der Waals surface area contributed by atoms with E-state index in [1.54, 1.807) is 31.2 Å². The number of ether oxygens (including phenoxy) is 2. The Labute approximate surface area is 140 Å². The summed E-state index contributed by atoms with van der Waals surface area (Å²) in [4.78, 5) is 23.2. The van der Waals surface area contributed by atoms with Crippen LogP contribution >= 0.6 is 0 Å². The second-order valence-corrected chi connectivity index (χ2v) is 4.94. The van der Waals surface area contributed by atoms with Gasteiger partial charge in [0.15, 0.2) is 0 Å². The molecule has 0 radical (unpaired) electrons. The predicted octanol–water partition coefficient (Wildman–Crippen LogP) is 4.43. The molecule has 0 bridgehead atoms. The Balaban J connectivity index is 1.88. The zero-order valence-corrected chi connectivity index (χ0v) is 13.7. The van der Waals surface area contributed by atoms with Gasteiger partial charge in [0, 0.05) is 11.4 Å². The van der Waals surface area contributed by atoms with E-state index < -0.39 is 6.16 Å². The van der Waals surface area contributed by atoms with Crippen LogP contribution in [0.5, 0.6) is 5.75 Å². The van der Waals surface area contributed by atoms with Crippen LogP contribution < -0.4 is 15.4 Å². The highest BCUT2D eigenvalue weighted by Gasteiger charge is 2.06. The summed E-state index contributed by atoms with van der Waals surface area (Å²) >= 11 is 0. The van der Waals surface area contributed by atoms with Crippen molar-refractivity contribution < 1.29 is 19.1 Å². The fraction of sp³-hybridized carbons (Fsp3) is 0.222. The van der Waals surface area contributed by atoms with E-state index in [2.05, 4.69) is 22.3 Å². The van der Waals surface area contributed by atoms with Crippen LogP contribution in [0.25, 0.3) is 0 Å². The van der Waals surface area contributed by atoms with Crippen molar-refractivity contribution in [3.8, 4) is 5.75 Å². The Kier molecular flexibility index (Phi) is 6.19. The smallest absolute Gasteiger partial charge is 0.434 e. The molecule has 0 saturated heterocycles. The summed E-state index contributed by atoms with van der Waals surface area (Å²) < 4.78 is 9.63. The lowest BCUT2D eigenvalue weighted by Crippen LogP contribution is -2.19. The van der Waals surface area contributed by atoms with Crippen LogP contribution in [0.4, 0.5) is 21.0 Å². The lowest BCUT2D eigenvalue weighted by atomic mass is 10.1. The number of nitrogens with one attached hydrogen (secondary N) is 2. The molecule has 0 heterocycles. The summed E-state index contributed by atoms with van der Waals surface area (Å²) in [7, 11) is 0. The van der Waals surface area contributed by atoms with Crippen molar-refractivity contribution in [3.63, 3.8) is 0 Å². The second-order valence-electron chi connectivity index (χ2n) is 4.94. The molecule has 0 aromatic heterocycles. The van der Waals surface area contributed by atoms with Gasteiger partial charge in [0.25, 0.3) is 0 Å². The maximum Gasteiger partial charge on any atom is 0.513 e. The van der Waals surface area contributed by atoms with E-state index in [-0.39, 0.29) is 12.6 Å². The van der Waals surface area contributed by atoms with E-state index in [4.69, 9.17) is 4.74 Å². The lowest BCUT2D eigenvalue weighted by molar-refractivity contribution is 0.104. The summed E-state index contributed by atoms with van der Waals surface area (Å²) in [5.41, 5.74) is 2.50. The van der Waals surface area contributed by atoms with Gasteiger partial charge in [-0.2, -0.15) is 0 Å². The molecule has 126 valence electrons. The molecule has 2 aromatic carbocycles. The van der Waals surface area contributed by atoms with Crippen LogP contribution in [0.15, 0.2) is 48.5 Å². The van der Waals surface area contributed by atoms with Gasteiger partial charge in [-0.05, 0) is 55.3 Å². The molecule has 0 aliphatic rings. The number of aryl methyl sites for hydroxylation is 1. The van der Waals surface area contributed by atoms with Gasteiger partial charge < -0.3 is 20.1 Å². The molecule has 2 aromatic rings. The molecule has 2 N–H and O–H groups in total. The monoisotopic (exact) mass is 328 g/mol. The number of benzene rings is 2. The Hall–Kier alpha value is -3.02. The first kappa shape index (κ1) is 17.3. The number of carbonyl (C=O) groups excluding carboxylic acids is 2. The minimum Gasteiger partial charge on any atom is -0.434 e. The molecule has 0 aliphatic heterocycles. The molecule has 6 heteroatoms. The molecule has 0 atom stereocenters. The van der Waals surface area contributed by atoms with Gasteiger partial charge in [-0.25, -0.2) is 9.59 Å². The molecule has 0 unspecified atom stereocenters. The average Bonchev–Trinajstić information content (AvgIpc) is 2.57. The molecule has 0 saturated carbocycles. The number of anilines is 2. The summed E-state index contributed by atoms with van der Waals surface area (Å²) in [6, 6.07) is 13.7. The molecular weight excluding hydrogens is 308 g/mol. The Bertz CT molecular complexity index is 681. The molecular formula is C18H20N2O4. The van der Waals surface area contributed by atoms with Gasteiger partial charge in [-0.1, -0.05) is 19.1 Å². The number of amides is 2. The maximum atomic E-state index is 12.0. The number of hydrogen-bond acceptors (Lipinski definition) is 4. The number of urea groups is 1. The minimum absolute atomic E-state index is 0.248. The number of rotatable bonds is 5. The molecule has 6 nitrogen and oxygen atoms in total. The highest BCUT2D eigenvalue weighted by atomic mass is 16.7. The average molecular weight is 328 g/mol. The zero-order chi connectivity index (χ0) is 17.4. The molecule has 0 fully saturated rings. The minimum atomic E-state index is -0.758. The normalized spacial score (nSPS) is 9.92. The van der Waals surface area contributed by atoms with E-state index in [9.17, 15) is 9.59 Å².